The van der Waals surface area contributed by atoms with Crippen molar-refractivity contribution < 1.29 is 33.4 Å². The van der Waals surface area contributed by atoms with Gasteiger partial charge in [-0.1, -0.05) is 35.9 Å². The number of ether oxygens (including phenoxy) is 3. The number of carbonyl (C=O) groups is 4. The molecular weight excluding hydrogens is 978 g/mol. The van der Waals surface area contributed by atoms with E-state index in [1.165, 1.54) is 35.2 Å². The SMILES string of the molecule is COc1ccc(-n2nc(C(C)=O)c3c2C(=O)N(c2ccc(-n4ccccc4=O)cc2)CC3)cc1.COc1cccc(N/N=C(\Cl)C(C)=O)c1.O=C1C(N2CCOCC2)=CCCN1c1ccc(-n2ccccc2=O)cc1. The largest absolute Gasteiger partial charge is 0.497 e. The molecule has 3 aliphatic heterocycles. The van der Waals surface area contributed by atoms with Crippen molar-refractivity contribution in [1.29, 1.82) is 0 Å². The van der Waals surface area contributed by atoms with E-state index in [4.69, 9.17) is 25.8 Å². The summed E-state index contributed by atoms with van der Waals surface area (Å²) in [5.74, 6) is 0.718. The van der Waals surface area contributed by atoms with E-state index in [0.29, 0.717) is 83.9 Å². The zero-order valence-electron chi connectivity index (χ0n) is 41.7. The lowest BCUT2D eigenvalue weighted by atomic mass is 10.0. The molecule has 0 atom stereocenters. The van der Waals surface area contributed by atoms with Crippen LogP contribution in [0.2, 0.25) is 0 Å². The Bertz CT molecular complexity index is 3380. The number of hydrogen-bond donors (Lipinski definition) is 1. The minimum Gasteiger partial charge on any atom is -0.497 e. The van der Waals surface area contributed by atoms with Crippen molar-refractivity contribution in [2.45, 2.75) is 26.7 Å². The first-order chi connectivity index (χ1) is 36.3. The molecule has 3 aliphatic rings. The maximum absolute atomic E-state index is 13.7. The van der Waals surface area contributed by atoms with Gasteiger partial charge in [0.1, 0.15) is 22.9 Å². The van der Waals surface area contributed by atoms with Gasteiger partial charge >= 0.3 is 0 Å². The van der Waals surface area contributed by atoms with Gasteiger partial charge in [-0.3, -0.25) is 43.3 Å². The number of pyridine rings is 2. The van der Waals surface area contributed by atoms with Gasteiger partial charge in [0.05, 0.1) is 44.5 Å². The zero-order chi connectivity index (χ0) is 53.0. The monoisotopic (exact) mass is 1030 g/mol. The van der Waals surface area contributed by atoms with E-state index in [1.807, 2.05) is 59.5 Å². The van der Waals surface area contributed by atoms with Crippen LogP contribution in [-0.4, -0.2) is 106 Å². The summed E-state index contributed by atoms with van der Waals surface area (Å²) >= 11 is 5.55. The van der Waals surface area contributed by atoms with Gasteiger partial charge in [0.2, 0.25) is 0 Å². The molecule has 0 aliphatic carbocycles. The minimum absolute atomic E-state index is 0.0304. The van der Waals surface area contributed by atoms with Crippen molar-refractivity contribution in [3.05, 3.63) is 195 Å². The van der Waals surface area contributed by atoms with Crippen LogP contribution in [0.3, 0.4) is 0 Å². The smallest absolute Gasteiger partial charge is 0.277 e. The van der Waals surface area contributed by atoms with E-state index in [1.54, 1.807) is 109 Å². The molecule has 4 aromatic carbocycles. The lowest BCUT2D eigenvalue weighted by molar-refractivity contribution is -0.117. The first-order valence-corrected chi connectivity index (χ1v) is 24.4. The maximum Gasteiger partial charge on any atom is 0.277 e. The van der Waals surface area contributed by atoms with Gasteiger partial charge in [0, 0.05) is 98.9 Å². The first kappa shape index (κ1) is 52.5. The van der Waals surface area contributed by atoms with E-state index in [9.17, 15) is 28.8 Å². The predicted octanol–water partition coefficient (Wildman–Crippen LogP) is 7.48. The molecule has 19 heteroatoms. The van der Waals surface area contributed by atoms with Gasteiger partial charge in [-0.15, -0.1) is 0 Å². The van der Waals surface area contributed by atoms with E-state index >= 15 is 0 Å². The lowest BCUT2D eigenvalue weighted by Crippen LogP contribution is -2.45. The number of hydrogen-bond acceptors (Lipinski definition) is 13. The number of nitrogens with zero attached hydrogens (tertiary/aromatic N) is 8. The number of methoxy groups -OCH3 is 2. The fourth-order valence-electron chi connectivity index (χ4n) is 8.52. The van der Waals surface area contributed by atoms with E-state index < -0.39 is 0 Å². The topological polar surface area (TPSA) is 192 Å². The number of aromatic nitrogens is 4. The highest BCUT2D eigenvalue weighted by Crippen LogP contribution is 2.31. The van der Waals surface area contributed by atoms with Crippen molar-refractivity contribution in [3.8, 4) is 28.6 Å². The van der Waals surface area contributed by atoms with Gasteiger partial charge < -0.3 is 28.9 Å². The number of carbonyl (C=O) groups excluding carboxylic acids is 4. The minimum atomic E-state index is -0.285. The van der Waals surface area contributed by atoms with Gasteiger partial charge in [-0.05, 0) is 110 Å². The number of amides is 2. The Morgan fingerprint density at radius 1 is 0.640 bits per heavy atom. The molecule has 0 unspecified atom stereocenters. The Kier molecular flexibility index (Phi) is 16.9. The van der Waals surface area contributed by atoms with Crippen LogP contribution in [0.4, 0.5) is 17.1 Å². The van der Waals surface area contributed by atoms with Gasteiger partial charge in [0.15, 0.2) is 16.7 Å². The normalized spacial score (nSPS) is 14.3. The number of morpholine rings is 1. The van der Waals surface area contributed by atoms with E-state index in [2.05, 4.69) is 20.5 Å². The number of Topliss-reactive ketones (excluding diaryl/α,β-unsaturated/α-hetero) is 2. The van der Waals surface area contributed by atoms with Crippen LogP contribution in [0, 0.1) is 0 Å². The molecule has 3 aromatic heterocycles. The van der Waals surface area contributed by atoms with E-state index in [-0.39, 0.29) is 39.7 Å². The molecule has 10 rings (SSSR count). The highest BCUT2D eigenvalue weighted by atomic mass is 35.5. The zero-order valence-corrected chi connectivity index (χ0v) is 42.5. The third-order valence-corrected chi connectivity index (χ3v) is 12.7. The summed E-state index contributed by atoms with van der Waals surface area (Å²) in [5, 5.41) is 8.11. The Hall–Kier alpha value is -8.87. The number of benzene rings is 4. The molecule has 2 amide bonds. The van der Waals surface area contributed by atoms with Crippen molar-refractivity contribution in [1.82, 2.24) is 23.8 Å². The van der Waals surface area contributed by atoms with Crippen molar-refractivity contribution >= 4 is 57.2 Å². The Morgan fingerprint density at radius 2 is 1.20 bits per heavy atom. The number of nitrogens with one attached hydrogen (secondary N) is 1. The molecule has 7 aromatic rings. The molecule has 6 heterocycles. The van der Waals surface area contributed by atoms with Crippen LogP contribution < -0.4 is 35.8 Å². The van der Waals surface area contributed by atoms with Gasteiger partial charge in [-0.25, -0.2) is 4.68 Å². The molecule has 0 saturated carbocycles. The summed E-state index contributed by atoms with van der Waals surface area (Å²) < 4.78 is 20.3. The van der Waals surface area contributed by atoms with Crippen LogP contribution in [0.25, 0.3) is 17.1 Å². The number of rotatable bonds is 12. The van der Waals surface area contributed by atoms with Crippen LogP contribution in [0.1, 0.15) is 46.8 Å². The van der Waals surface area contributed by atoms with Crippen molar-refractivity contribution in [2.24, 2.45) is 5.10 Å². The second-order valence-electron chi connectivity index (χ2n) is 17.1. The number of anilines is 3. The van der Waals surface area contributed by atoms with Crippen LogP contribution >= 0.6 is 11.6 Å². The van der Waals surface area contributed by atoms with Crippen LogP contribution in [0.15, 0.2) is 172 Å². The summed E-state index contributed by atoms with van der Waals surface area (Å²) in [6, 6.07) is 39.1. The summed E-state index contributed by atoms with van der Waals surface area (Å²) in [6.07, 6.45) is 6.81. The second kappa shape index (κ2) is 24.2. The molecule has 0 bridgehead atoms. The summed E-state index contributed by atoms with van der Waals surface area (Å²) in [7, 11) is 3.16. The summed E-state index contributed by atoms with van der Waals surface area (Å²) in [6.45, 7) is 6.71. The number of hydrazone groups is 1. The third-order valence-electron chi connectivity index (χ3n) is 12.3. The molecule has 18 nitrogen and oxygen atoms in total. The first-order valence-electron chi connectivity index (χ1n) is 24.0. The Labute approximate surface area is 437 Å². The molecule has 1 fully saturated rings. The fourth-order valence-corrected chi connectivity index (χ4v) is 8.57. The van der Waals surface area contributed by atoms with Gasteiger partial charge in [-0.2, -0.15) is 10.2 Å². The number of ketones is 2. The Balaban J connectivity index is 0.000000161. The molecule has 0 radical (unpaired) electrons. The summed E-state index contributed by atoms with van der Waals surface area (Å²) in [4.78, 5) is 79.3. The average Bonchev–Trinajstić information content (AvgIpc) is 3.86. The average molecular weight is 1030 g/mol. The maximum atomic E-state index is 13.7. The molecule has 75 heavy (non-hydrogen) atoms. The van der Waals surface area contributed by atoms with Crippen molar-refractivity contribution in [3.63, 3.8) is 0 Å². The summed E-state index contributed by atoms with van der Waals surface area (Å²) in [5.41, 5.74) is 8.99. The number of halogens is 1. The Morgan fingerprint density at radius 3 is 1.75 bits per heavy atom. The van der Waals surface area contributed by atoms with Crippen molar-refractivity contribution in [2.75, 3.05) is 68.8 Å². The molecule has 0 spiro atoms. The quantitative estimate of drug-likeness (QED) is 0.0723. The van der Waals surface area contributed by atoms with Crippen LogP contribution in [-0.2, 0) is 20.7 Å². The fraction of sp³-hybridized carbons (Fsp3) is 0.214. The highest BCUT2D eigenvalue weighted by molar-refractivity contribution is 6.82. The predicted molar refractivity (Wildman–Crippen MR) is 288 cm³/mol. The highest BCUT2D eigenvalue weighted by Gasteiger charge is 2.34. The number of fused-ring (bicyclic) bond motifs is 1. The molecule has 1 N–H and O–H groups in total. The van der Waals surface area contributed by atoms with E-state index in [0.717, 1.165) is 36.6 Å². The lowest BCUT2D eigenvalue weighted by Gasteiger charge is -2.35. The molecular formula is C56H54ClN9O9. The molecule has 1 saturated heterocycles. The van der Waals surface area contributed by atoms with Crippen LogP contribution in [0.5, 0.6) is 11.5 Å². The second-order valence-corrected chi connectivity index (χ2v) is 17.5. The molecule has 384 valence electrons. The standard InChI is InChI=1S/C26H22N4O4.C20H21N3O3.C10H11ClN2O2/c1-17(31)24-22-14-16-29(19-8-6-18(7-9-19)28-15-4-3-5-23(28)32)26(33)25(22)30(27-24)20-10-12-21(34-2)13-11-20;24-19-5-1-2-10-22(19)16-6-8-17(9-7-16)23-11-3-4-18(20(23)25)21-12-14-26-15-13-21;1-7(14)10(11)13-12-8-4-3-5-9(6-8)15-2/h3-13,15H,14,16H2,1-2H3;1-2,4-10H,3,11-15H2;3-6,12H,1-2H3/b;;13-10-. The third kappa shape index (κ3) is 12.3. The van der Waals surface area contributed by atoms with Gasteiger partial charge in [0.25, 0.3) is 22.9 Å².